The zero-order chi connectivity index (χ0) is 21.4. The first-order valence-electron chi connectivity index (χ1n) is 11.9. The number of rotatable bonds is 4. The fraction of sp³-hybridized carbons (Fsp3) is 0.846. The molecule has 1 aliphatic heterocycles. The van der Waals surface area contributed by atoms with Crippen molar-refractivity contribution in [2.45, 2.75) is 105 Å². The first kappa shape index (κ1) is 21.1. The summed E-state index contributed by atoms with van der Waals surface area (Å²) >= 11 is 0. The van der Waals surface area contributed by atoms with Crippen molar-refractivity contribution in [1.29, 1.82) is 0 Å². The second-order valence-electron chi connectivity index (χ2n) is 12.1. The van der Waals surface area contributed by atoms with Crippen LogP contribution < -0.4 is 0 Å². The topological polar surface area (TPSA) is 43.4 Å². The summed E-state index contributed by atoms with van der Waals surface area (Å²) in [5.74, 6) is 2.34. The predicted molar refractivity (Wildman–Crippen MR) is 115 cm³/mol. The number of Topliss-reactive ketones (excluding diaryl/α,β-unsaturated/α-hetero) is 2. The zero-order valence-electron chi connectivity index (χ0n) is 19.6. The van der Waals surface area contributed by atoms with Gasteiger partial charge in [-0.25, -0.2) is 0 Å². The van der Waals surface area contributed by atoms with E-state index in [1.165, 1.54) is 25.7 Å². The monoisotopic (exact) mass is 400 g/mol. The van der Waals surface area contributed by atoms with Gasteiger partial charge < -0.3 is 4.74 Å². The molecule has 2 bridgehead atoms. The molecule has 1 spiro atoms. The maximum absolute atomic E-state index is 13.6. The molecule has 3 nitrogen and oxygen atoms in total. The highest BCUT2D eigenvalue weighted by Gasteiger charge is 2.66. The number of fused-ring (bicyclic) bond motifs is 1. The van der Waals surface area contributed by atoms with E-state index in [1.807, 2.05) is 27.7 Å². The molecule has 0 saturated heterocycles. The van der Waals surface area contributed by atoms with E-state index in [-0.39, 0.29) is 23.1 Å². The van der Waals surface area contributed by atoms with Gasteiger partial charge in [0, 0.05) is 11.5 Å². The molecule has 3 fully saturated rings. The highest BCUT2D eigenvalue weighted by atomic mass is 16.5. The minimum atomic E-state index is -0.952. The largest absolute Gasteiger partial charge is 0.490 e. The Balaban J connectivity index is 1.81. The summed E-state index contributed by atoms with van der Waals surface area (Å²) in [4.78, 5) is 26.9. The van der Waals surface area contributed by atoms with Crippen LogP contribution in [-0.4, -0.2) is 17.2 Å². The van der Waals surface area contributed by atoms with E-state index >= 15 is 0 Å². The van der Waals surface area contributed by atoms with Gasteiger partial charge in [0.1, 0.15) is 11.4 Å². The van der Waals surface area contributed by atoms with E-state index in [2.05, 4.69) is 20.8 Å². The molecule has 162 valence electrons. The maximum atomic E-state index is 13.6. The molecule has 0 N–H and O–H groups in total. The molecular formula is C26H40O3. The van der Waals surface area contributed by atoms with Crippen LogP contribution in [0.15, 0.2) is 11.3 Å². The number of ether oxygens (including phenoxy) is 1. The third-order valence-corrected chi connectivity index (χ3v) is 9.24. The maximum Gasteiger partial charge on any atom is 0.175 e. The lowest BCUT2D eigenvalue weighted by Gasteiger charge is -2.67. The molecule has 3 heteroatoms. The van der Waals surface area contributed by atoms with Gasteiger partial charge in [-0.15, -0.1) is 0 Å². The summed E-state index contributed by atoms with van der Waals surface area (Å²) in [7, 11) is 0. The van der Waals surface area contributed by atoms with Crippen LogP contribution in [0.5, 0.6) is 0 Å². The summed E-state index contributed by atoms with van der Waals surface area (Å²) in [5.41, 5.74) is -0.704. The Morgan fingerprint density at radius 2 is 1.69 bits per heavy atom. The summed E-state index contributed by atoms with van der Waals surface area (Å²) in [6.07, 6.45) is 9.06. The smallest absolute Gasteiger partial charge is 0.175 e. The normalized spacial score (nSPS) is 39.1. The second-order valence-corrected chi connectivity index (χ2v) is 12.1. The lowest BCUT2D eigenvalue weighted by atomic mass is 9.42. The fourth-order valence-corrected chi connectivity index (χ4v) is 7.33. The van der Waals surface area contributed by atoms with Crippen LogP contribution in [-0.2, 0) is 14.3 Å². The second kappa shape index (κ2) is 6.44. The van der Waals surface area contributed by atoms with E-state index in [0.717, 1.165) is 42.9 Å². The van der Waals surface area contributed by atoms with E-state index in [0.29, 0.717) is 11.3 Å². The van der Waals surface area contributed by atoms with Gasteiger partial charge in [-0.1, -0.05) is 40.0 Å². The Morgan fingerprint density at radius 1 is 1.00 bits per heavy atom. The summed E-state index contributed by atoms with van der Waals surface area (Å²) < 4.78 is 6.93. The van der Waals surface area contributed by atoms with Crippen molar-refractivity contribution >= 4 is 11.6 Å². The van der Waals surface area contributed by atoms with Gasteiger partial charge in [-0.2, -0.15) is 0 Å². The highest BCUT2D eigenvalue weighted by molar-refractivity contribution is 6.19. The Bertz CT molecular complexity index is 767. The van der Waals surface area contributed by atoms with Crippen LogP contribution in [0.2, 0.25) is 0 Å². The van der Waals surface area contributed by atoms with Crippen molar-refractivity contribution in [2.24, 2.45) is 34.0 Å². The van der Waals surface area contributed by atoms with Crippen LogP contribution in [0.3, 0.4) is 0 Å². The Kier molecular flexibility index (Phi) is 4.69. The van der Waals surface area contributed by atoms with Gasteiger partial charge in [-0.3, -0.25) is 9.59 Å². The molecule has 3 saturated carbocycles. The molecule has 0 radical (unpaired) electrons. The van der Waals surface area contributed by atoms with Gasteiger partial charge in [-0.05, 0) is 77.0 Å². The summed E-state index contributed by atoms with van der Waals surface area (Å²) in [5, 5.41) is 0. The molecular weight excluding hydrogens is 360 g/mol. The minimum absolute atomic E-state index is 0.0136. The Labute approximate surface area is 177 Å². The van der Waals surface area contributed by atoms with Crippen LogP contribution in [0.1, 0.15) is 99.8 Å². The number of carbonyl (C=O) groups excluding carboxylic acids is 2. The Morgan fingerprint density at radius 3 is 2.28 bits per heavy atom. The first-order chi connectivity index (χ1) is 13.4. The molecule has 0 unspecified atom stereocenters. The summed E-state index contributed by atoms with van der Waals surface area (Å²) in [6, 6.07) is 0. The third-order valence-electron chi connectivity index (χ3n) is 9.24. The lowest BCUT2D eigenvalue weighted by Crippen LogP contribution is -2.65. The Hall–Kier alpha value is -1.12. The van der Waals surface area contributed by atoms with Crippen LogP contribution in [0.4, 0.5) is 0 Å². The molecule has 1 heterocycles. The molecule has 5 rings (SSSR count). The molecule has 4 aliphatic carbocycles. The predicted octanol–water partition coefficient (Wildman–Crippen LogP) is 6.26. The molecule has 29 heavy (non-hydrogen) atoms. The molecule has 0 aromatic heterocycles. The lowest BCUT2D eigenvalue weighted by molar-refractivity contribution is -0.230. The van der Waals surface area contributed by atoms with Gasteiger partial charge >= 0.3 is 0 Å². The van der Waals surface area contributed by atoms with Crippen molar-refractivity contribution in [3.05, 3.63) is 11.3 Å². The van der Waals surface area contributed by atoms with E-state index in [9.17, 15) is 9.59 Å². The van der Waals surface area contributed by atoms with Crippen LogP contribution >= 0.6 is 0 Å². The number of unbranched alkanes of at least 4 members (excludes halogenated alkanes) is 2. The molecule has 0 aromatic carbocycles. The van der Waals surface area contributed by atoms with Gasteiger partial charge in [0.2, 0.25) is 0 Å². The molecule has 0 aromatic rings. The molecule has 5 aliphatic rings. The molecule has 0 amide bonds. The number of hydrogen-bond acceptors (Lipinski definition) is 3. The van der Waals surface area contributed by atoms with Gasteiger partial charge in [0.15, 0.2) is 11.6 Å². The van der Waals surface area contributed by atoms with E-state index in [1.54, 1.807) is 0 Å². The van der Waals surface area contributed by atoms with E-state index < -0.39 is 10.8 Å². The van der Waals surface area contributed by atoms with Gasteiger partial charge in [0.05, 0.1) is 10.8 Å². The van der Waals surface area contributed by atoms with Gasteiger partial charge in [0.25, 0.3) is 0 Å². The number of allylic oxidation sites excluding steroid dienone is 2. The van der Waals surface area contributed by atoms with Crippen LogP contribution in [0, 0.1) is 34.0 Å². The van der Waals surface area contributed by atoms with Crippen molar-refractivity contribution in [3.8, 4) is 0 Å². The van der Waals surface area contributed by atoms with Crippen molar-refractivity contribution < 1.29 is 14.3 Å². The van der Waals surface area contributed by atoms with E-state index in [4.69, 9.17) is 4.74 Å². The van der Waals surface area contributed by atoms with Crippen molar-refractivity contribution in [3.63, 3.8) is 0 Å². The number of ketones is 2. The SMILES string of the molecule is CCCCC[C@@H]1C[C@@]2(CC[C@@H]3C[C@@H]2C3(C)C)OC2=C1C(=O)C(C)(C)C(=O)C2(C)C. The number of hydrogen-bond donors (Lipinski definition) is 0. The third kappa shape index (κ3) is 2.74. The van der Waals surface area contributed by atoms with Crippen LogP contribution in [0.25, 0.3) is 0 Å². The first-order valence-corrected chi connectivity index (χ1v) is 11.9. The average molecular weight is 401 g/mol. The fourth-order valence-electron chi connectivity index (χ4n) is 7.33. The highest BCUT2D eigenvalue weighted by Crippen LogP contribution is 2.68. The standard InChI is InChI=1S/C26H40O3/c1-8-9-10-11-16-15-26(13-12-17-14-18(26)23(17,2)3)29-21-19(16)20(27)24(4,5)22(28)25(21,6)7/h16-18H,8-15H2,1-7H3/t16-,17-,18-,26-/m1/s1. The van der Waals surface area contributed by atoms with Crippen molar-refractivity contribution in [2.75, 3.05) is 0 Å². The quantitative estimate of drug-likeness (QED) is 0.413. The number of carbonyl (C=O) groups is 2. The zero-order valence-corrected chi connectivity index (χ0v) is 19.6. The van der Waals surface area contributed by atoms with Crippen molar-refractivity contribution in [1.82, 2.24) is 0 Å². The summed E-state index contributed by atoms with van der Waals surface area (Å²) in [6.45, 7) is 14.6. The average Bonchev–Trinajstić information content (AvgIpc) is 2.65. The minimum Gasteiger partial charge on any atom is -0.490 e. The molecule has 4 atom stereocenters.